The third-order valence-corrected chi connectivity index (χ3v) is 3.85. The SMILES string of the molecule is COc1ccc2c(c1)nc(-c1ccc(C)c(C)c1)n2C. The highest BCUT2D eigenvalue weighted by Crippen LogP contribution is 2.27. The molecular formula is C17H18N2O. The molecule has 0 aliphatic heterocycles. The molecule has 102 valence electrons. The van der Waals surface area contributed by atoms with Gasteiger partial charge in [-0.3, -0.25) is 0 Å². The molecule has 0 fully saturated rings. The molecule has 20 heavy (non-hydrogen) atoms. The molecule has 3 heteroatoms. The Kier molecular flexibility index (Phi) is 2.97. The van der Waals surface area contributed by atoms with Gasteiger partial charge in [-0.25, -0.2) is 4.98 Å². The van der Waals surface area contributed by atoms with Gasteiger partial charge in [-0.1, -0.05) is 12.1 Å². The van der Waals surface area contributed by atoms with Crippen LogP contribution in [0.2, 0.25) is 0 Å². The average molecular weight is 266 g/mol. The third-order valence-electron chi connectivity index (χ3n) is 3.85. The smallest absolute Gasteiger partial charge is 0.140 e. The fourth-order valence-electron chi connectivity index (χ4n) is 2.45. The fourth-order valence-corrected chi connectivity index (χ4v) is 2.45. The second-order valence-corrected chi connectivity index (χ2v) is 5.15. The molecule has 3 nitrogen and oxygen atoms in total. The summed E-state index contributed by atoms with van der Waals surface area (Å²) in [5.74, 6) is 1.82. The molecule has 0 aliphatic rings. The lowest BCUT2D eigenvalue weighted by Gasteiger charge is -2.05. The summed E-state index contributed by atoms with van der Waals surface area (Å²) in [6, 6.07) is 12.4. The second kappa shape index (κ2) is 4.67. The Labute approximate surface area is 118 Å². The van der Waals surface area contributed by atoms with Crippen LogP contribution in [0.15, 0.2) is 36.4 Å². The topological polar surface area (TPSA) is 27.1 Å². The highest BCUT2D eigenvalue weighted by molar-refractivity contribution is 5.82. The molecule has 3 aromatic rings. The minimum Gasteiger partial charge on any atom is -0.497 e. The third kappa shape index (κ3) is 1.95. The van der Waals surface area contributed by atoms with Crippen LogP contribution in [-0.2, 0) is 7.05 Å². The van der Waals surface area contributed by atoms with Crippen LogP contribution in [0, 0.1) is 13.8 Å². The van der Waals surface area contributed by atoms with Crippen LogP contribution in [0.25, 0.3) is 22.4 Å². The second-order valence-electron chi connectivity index (χ2n) is 5.15. The number of fused-ring (bicyclic) bond motifs is 1. The van der Waals surface area contributed by atoms with Gasteiger partial charge in [-0.05, 0) is 43.2 Å². The van der Waals surface area contributed by atoms with Crippen molar-refractivity contribution >= 4 is 11.0 Å². The van der Waals surface area contributed by atoms with E-state index in [1.807, 2.05) is 25.2 Å². The Morgan fingerprint density at radius 3 is 2.50 bits per heavy atom. The molecule has 2 aromatic carbocycles. The van der Waals surface area contributed by atoms with E-state index in [0.29, 0.717) is 0 Å². The molecule has 1 aromatic heterocycles. The molecular weight excluding hydrogens is 248 g/mol. The minimum absolute atomic E-state index is 0.835. The van der Waals surface area contributed by atoms with Crippen LogP contribution in [0.4, 0.5) is 0 Å². The first-order valence-electron chi connectivity index (χ1n) is 6.68. The number of aromatic nitrogens is 2. The van der Waals surface area contributed by atoms with E-state index in [-0.39, 0.29) is 0 Å². The molecule has 0 aliphatic carbocycles. The number of methoxy groups -OCH3 is 1. The van der Waals surface area contributed by atoms with Crippen molar-refractivity contribution in [2.24, 2.45) is 7.05 Å². The number of hydrogen-bond donors (Lipinski definition) is 0. The van der Waals surface area contributed by atoms with Gasteiger partial charge in [-0.2, -0.15) is 0 Å². The van der Waals surface area contributed by atoms with E-state index < -0.39 is 0 Å². The molecule has 0 unspecified atom stereocenters. The van der Waals surface area contributed by atoms with Crippen LogP contribution >= 0.6 is 0 Å². The maximum Gasteiger partial charge on any atom is 0.140 e. The zero-order chi connectivity index (χ0) is 14.3. The van der Waals surface area contributed by atoms with Crippen molar-refractivity contribution in [3.8, 4) is 17.1 Å². The molecule has 0 spiro atoms. The van der Waals surface area contributed by atoms with Gasteiger partial charge in [0.25, 0.3) is 0 Å². The van der Waals surface area contributed by atoms with Crippen LogP contribution in [-0.4, -0.2) is 16.7 Å². The molecule has 0 bridgehead atoms. The van der Waals surface area contributed by atoms with Gasteiger partial charge in [0.1, 0.15) is 11.6 Å². The summed E-state index contributed by atoms with van der Waals surface area (Å²) < 4.78 is 7.39. The minimum atomic E-state index is 0.835. The summed E-state index contributed by atoms with van der Waals surface area (Å²) in [6.07, 6.45) is 0. The van der Waals surface area contributed by atoms with Crippen molar-refractivity contribution in [3.63, 3.8) is 0 Å². The first-order chi connectivity index (χ1) is 9.60. The Morgan fingerprint density at radius 2 is 1.80 bits per heavy atom. The van der Waals surface area contributed by atoms with Crippen molar-refractivity contribution < 1.29 is 4.74 Å². The molecule has 0 saturated carbocycles. The van der Waals surface area contributed by atoms with Gasteiger partial charge in [-0.15, -0.1) is 0 Å². The van der Waals surface area contributed by atoms with Gasteiger partial charge in [0.2, 0.25) is 0 Å². The van der Waals surface area contributed by atoms with E-state index in [4.69, 9.17) is 9.72 Å². The summed E-state index contributed by atoms with van der Waals surface area (Å²) in [5.41, 5.74) is 5.80. The van der Waals surface area contributed by atoms with Gasteiger partial charge in [0.15, 0.2) is 0 Å². The van der Waals surface area contributed by atoms with Crippen molar-refractivity contribution in [1.82, 2.24) is 9.55 Å². The number of hydrogen-bond acceptors (Lipinski definition) is 2. The summed E-state index contributed by atoms with van der Waals surface area (Å²) in [7, 11) is 3.72. The van der Waals surface area contributed by atoms with Crippen LogP contribution in [0.5, 0.6) is 5.75 Å². The zero-order valence-electron chi connectivity index (χ0n) is 12.3. The van der Waals surface area contributed by atoms with Gasteiger partial charge >= 0.3 is 0 Å². The largest absolute Gasteiger partial charge is 0.497 e. The molecule has 0 radical (unpaired) electrons. The number of ether oxygens (including phenoxy) is 1. The van der Waals surface area contributed by atoms with E-state index in [0.717, 1.165) is 28.2 Å². The Balaban J connectivity index is 2.20. The van der Waals surface area contributed by atoms with Crippen LogP contribution in [0.3, 0.4) is 0 Å². The molecule has 0 saturated heterocycles. The number of nitrogens with zero attached hydrogens (tertiary/aromatic N) is 2. The average Bonchev–Trinajstić information content (AvgIpc) is 2.78. The first kappa shape index (κ1) is 12.7. The molecule has 0 N–H and O–H groups in total. The van der Waals surface area contributed by atoms with Crippen molar-refractivity contribution in [2.75, 3.05) is 7.11 Å². The standard InChI is InChI=1S/C17H18N2O/c1-11-5-6-13(9-12(11)2)17-18-15-10-14(20-4)7-8-16(15)19(17)3/h5-10H,1-4H3. The maximum atomic E-state index is 5.26. The van der Waals surface area contributed by atoms with Gasteiger partial charge < -0.3 is 9.30 Å². The summed E-state index contributed by atoms with van der Waals surface area (Å²) in [4.78, 5) is 4.74. The number of imidazole rings is 1. The fraction of sp³-hybridized carbons (Fsp3) is 0.235. The summed E-state index contributed by atoms with van der Waals surface area (Å²) in [6.45, 7) is 4.25. The zero-order valence-corrected chi connectivity index (χ0v) is 12.3. The highest BCUT2D eigenvalue weighted by Gasteiger charge is 2.11. The van der Waals surface area contributed by atoms with Crippen LogP contribution in [0.1, 0.15) is 11.1 Å². The van der Waals surface area contributed by atoms with E-state index >= 15 is 0 Å². The summed E-state index contributed by atoms with van der Waals surface area (Å²) >= 11 is 0. The lowest BCUT2D eigenvalue weighted by atomic mass is 10.1. The Hall–Kier alpha value is -2.29. The maximum absolute atomic E-state index is 5.26. The molecule has 0 atom stereocenters. The highest BCUT2D eigenvalue weighted by atomic mass is 16.5. The number of rotatable bonds is 2. The van der Waals surface area contributed by atoms with Crippen LogP contribution < -0.4 is 4.74 Å². The lowest BCUT2D eigenvalue weighted by molar-refractivity contribution is 0.415. The Bertz CT molecular complexity index is 787. The predicted octanol–water partition coefficient (Wildman–Crippen LogP) is 3.87. The van der Waals surface area contributed by atoms with Crippen molar-refractivity contribution in [2.45, 2.75) is 13.8 Å². The molecule has 3 rings (SSSR count). The number of benzene rings is 2. The predicted molar refractivity (Wildman–Crippen MR) is 82.2 cm³/mol. The molecule has 0 amide bonds. The monoisotopic (exact) mass is 266 g/mol. The summed E-state index contributed by atoms with van der Waals surface area (Å²) in [5, 5.41) is 0. The van der Waals surface area contributed by atoms with E-state index in [9.17, 15) is 0 Å². The first-order valence-corrected chi connectivity index (χ1v) is 6.68. The Morgan fingerprint density at radius 1 is 1.00 bits per heavy atom. The van der Waals surface area contributed by atoms with E-state index in [1.165, 1.54) is 11.1 Å². The molecule has 1 heterocycles. The number of aryl methyl sites for hydroxylation is 3. The van der Waals surface area contributed by atoms with Crippen molar-refractivity contribution in [3.05, 3.63) is 47.5 Å². The van der Waals surface area contributed by atoms with E-state index in [1.54, 1.807) is 7.11 Å². The quantitative estimate of drug-likeness (QED) is 0.704. The van der Waals surface area contributed by atoms with Gasteiger partial charge in [0, 0.05) is 18.7 Å². The van der Waals surface area contributed by atoms with Gasteiger partial charge in [0.05, 0.1) is 18.1 Å². The normalized spacial score (nSPS) is 11.0. The van der Waals surface area contributed by atoms with Crippen molar-refractivity contribution in [1.29, 1.82) is 0 Å². The van der Waals surface area contributed by atoms with E-state index in [2.05, 4.69) is 36.6 Å². The lowest BCUT2D eigenvalue weighted by Crippen LogP contribution is -1.93.